The molecular formula is C12H24N2O. The summed E-state index contributed by atoms with van der Waals surface area (Å²) in [5, 5.41) is 7.09. The summed E-state index contributed by atoms with van der Waals surface area (Å²) < 4.78 is 6.11. The van der Waals surface area contributed by atoms with Crippen molar-refractivity contribution in [2.75, 3.05) is 26.2 Å². The van der Waals surface area contributed by atoms with Crippen molar-refractivity contribution in [1.82, 2.24) is 10.6 Å². The van der Waals surface area contributed by atoms with Crippen molar-refractivity contribution in [1.29, 1.82) is 0 Å². The summed E-state index contributed by atoms with van der Waals surface area (Å²) in [7, 11) is 0. The first-order valence-electron chi connectivity index (χ1n) is 6.45. The largest absolute Gasteiger partial charge is 0.372 e. The first-order valence-corrected chi connectivity index (χ1v) is 6.45. The number of unbranched alkanes of at least 4 members (excludes halogenated alkanes) is 1. The van der Waals surface area contributed by atoms with E-state index in [2.05, 4.69) is 17.6 Å². The summed E-state index contributed by atoms with van der Waals surface area (Å²) in [5.74, 6) is 0. The lowest BCUT2D eigenvalue weighted by Crippen LogP contribution is -2.61. The van der Waals surface area contributed by atoms with Crippen LogP contribution in [0.1, 0.15) is 39.0 Å². The van der Waals surface area contributed by atoms with E-state index in [0.29, 0.717) is 6.04 Å². The van der Waals surface area contributed by atoms with E-state index in [1.54, 1.807) is 0 Å². The van der Waals surface area contributed by atoms with Crippen molar-refractivity contribution in [2.24, 2.45) is 0 Å². The summed E-state index contributed by atoms with van der Waals surface area (Å²) >= 11 is 0. The zero-order chi connectivity index (χ0) is 10.6. The van der Waals surface area contributed by atoms with Gasteiger partial charge in [-0.15, -0.1) is 0 Å². The maximum atomic E-state index is 6.11. The molecule has 0 aromatic heterocycles. The molecular weight excluding hydrogens is 188 g/mol. The molecule has 1 atom stereocenters. The molecule has 3 nitrogen and oxygen atoms in total. The van der Waals surface area contributed by atoms with E-state index in [1.807, 2.05) is 0 Å². The Labute approximate surface area is 93.0 Å². The van der Waals surface area contributed by atoms with Crippen LogP contribution >= 0.6 is 0 Å². The first kappa shape index (κ1) is 11.4. The van der Waals surface area contributed by atoms with E-state index in [-0.39, 0.29) is 5.60 Å². The Bertz CT molecular complexity index is 182. The molecule has 2 aliphatic rings. The normalized spacial score (nSPS) is 30.6. The van der Waals surface area contributed by atoms with Crippen LogP contribution in [-0.4, -0.2) is 37.9 Å². The molecule has 2 fully saturated rings. The second-order valence-electron chi connectivity index (χ2n) is 4.81. The van der Waals surface area contributed by atoms with Crippen LogP contribution in [-0.2, 0) is 4.74 Å². The Kier molecular flexibility index (Phi) is 4.00. The maximum absolute atomic E-state index is 6.11. The van der Waals surface area contributed by atoms with Gasteiger partial charge in [0.05, 0.1) is 12.2 Å². The van der Waals surface area contributed by atoms with Crippen molar-refractivity contribution in [3.8, 4) is 0 Å². The van der Waals surface area contributed by atoms with Gasteiger partial charge in [-0.3, -0.25) is 0 Å². The Morgan fingerprint density at radius 1 is 1.27 bits per heavy atom. The molecule has 3 heteroatoms. The monoisotopic (exact) mass is 212 g/mol. The van der Waals surface area contributed by atoms with Gasteiger partial charge >= 0.3 is 0 Å². The molecule has 88 valence electrons. The van der Waals surface area contributed by atoms with Crippen LogP contribution in [0.5, 0.6) is 0 Å². The van der Waals surface area contributed by atoms with E-state index in [1.165, 1.54) is 32.1 Å². The zero-order valence-electron chi connectivity index (χ0n) is 9.85. The van der Waals surface area contributed by atoms with E-state index < -0.39 is 0 Å². The Morgan fingerprint density at radius 2 is 2.07 bits per heavy atom. The van der Waals surface area contributed by atoms with Crippen LogP contribution in [0.4, 0.5) is 0 Å². The quantitative estimate of drug-likeness (QED) is 0.739. The summed E-state index contributed by atoms with van der Waals surface area (Å²) in [4.78, 5) is 0. The number of nitrogens with one attached hydrogen (secondary N) is 2. The van der Waals surface area contributed by atoms with Crippen molar-refractivity contribution < 1.29 is 4.74 Å². The van der Waals surface area contributed by atoms with Gasteiger partial charge in [0.1, 0.15) is 0 Å². The smallest absolute Gasteiger partial charge is 0.0859 e. The fourth-order valence-corrected chi connectivity index (χ4v) is 2.89. The van der Waals surface area contributed by atoms with Crippen LogP contribution in [0, 0.1) is 0 Å². The number of morpholine rings is 1. The predicted molar refractivity (Wildman–Crippen MR) is 62.1 cm³/mol. The Morgan fingerprint density at radius 3 is 2.80 bits per heavy atom. The van der Waals surface area contributed by atoms with Gasteiger partial charge in [0, 0.05) is 12.6 Å². The molecule has 15 heavy (non-hydrogen) atoms. The number of piperidine rings is 1. The molecule has 2 N–H and O–H groups in total. The maximum Gasteiger partial charge on any atom is 0.0859 e. The molecule has 2 saturated heterocycles. The zero-order valence-corrected chi connectivity index (χ0v) is 9.85. The third-order valence-electron chi connectivity index (χ3n) is 3.81. The molecule has 0 aromatic rings. The predicted octanol–water partition coefficient (Wildman–Crippen LogP) is 1.29. The van der Waals surface area contributed by atoms with E-state index in [9.17, 15) is 0 Å². The molecule has 1 unspecified atom stereocenters. The average Bonchev–Trinajstić information content (AvgIpc) is 2.29. The van der Waals surface area contributed by atoms with Gasteiger partial charge in [0.15, 0.2) is 0 Å². The number of hydrogen-bond acceptors (Lipinski definition) is 3. The number of rotatable bonds is 3. The highest BCUT2D eigenvalue weighted by Crippen LogP contribution is 2.31. The fourth-order valence-electron chi connectivity index (χ4n) is 2.89. The molecule has 2 aliphatic heterocycles. The molecule has 0 aliphatic carbocycles. The summed E-state index contributed by atoms with van der Waals surface area (Å²) in [5.41, 5.74) is 0.151. The molecule has 1 spiro atoms. The van der Waals surface area contributed by atoms with Crippen LogP contribution < -0.4 is 10.6 Å². The standard InChI is InChI=1S/C12H24N2O/c1-2-3-4-11-12(15-10-9-14-11)5-7-13-8-6-12/h11,13-14H,2-10H2,1H3. The second-order valence-corrected chi connectivity index (χ2v) is 4.81. The minimum absolute atomic E-state index is 0.151. The van der Waals surface area contributed by atoms with Crippen LogP contribution in [0.25, 0.3) is 0 Å². The Hall–Kier alpha value is -0.120. The van der Waals surface area contributed by atoms with Gasteiger partial charge in [0.2, 0.25) is 0 Å². The highest BCUT2D eigenvalue weighted by Gasteiger charge is 2.42. The van der Waals surface area contributed by atoms with Crippen molar-refractivity contribution >= 4 is 0 Å². The molecule has 0 radical (unpaired) electrons. The van der Waals surface area contributed by atoms with Gasteiger partial charge in [-0.1, -0.05) is 19.8 Å². The lowest BCUT2D eigenvalue weighted by Gasteiger charge is -2.47. The molecule has 2 heterocycles. The minimum atomic E-state index is 0.151. The van der Waals surface area contributed by atoms with E-state index >= 15 is 0 Å². The topological polar surface area (TPSA) is 33.3 Å². The van der Waals surface area contributed by atoms with Gasteiger partial charge in [0.25, 0.3) is 0 Å². The second kappa shape index (κ2) is 5.28. The van der Waals surface area contributed by atoms with Gasteiger partial charge in [-0.25, -0.2) is 0 Å². The third-order valence-corrected chi connectivity index (χ3v) is 3.81. The molecule has 2 rings (SSSR count). The van der Waals surface area contributed by atoms with Crippen molar-refractivity contribution in [3.63, 3.8) is 0 Å². The SMILES string of the molecule is CCCCC1NCCOC12CCNCC2. The van der Waals surface area contributed by atoms with Gasteiger partial charge < -0.3 is 15.4 Å². The lowest BCUT2D eigenvalue weighted by atomic mass is 9.81. The third kappa shape index (κ3) is 2.52. The van der Waals surface area contributed by atoms with Gasteiger partial charge in [-0.05, 0) is 32.4 Å². The average molecular weight is 212 g/mol. The molecule has 0 bridgehead atoms. The van der Waals surface area contributed by atoms with Crippen LogP contribution in [0.15, 0.2) is 0 Å². The number of hydrogen-bond donors (Lipinski definition) is 2. The van der Waals surface area contributed by atoms with E-state index in [0.717, 1.165) is 26.2 Å². The first-order chi connectivity index (χ1) is 7.37. The highest BCUT2D eigenvalue weighted by molar-refractivity contribution is 4.98. The van der Waals surface area contributed by atoms with Crippen molar-refractivity contribution in [2.45, 2.75) is 50.7 Å². The van der Waals surface area contributed by atoms with Gasteiger partial charge in [-0.2, -0.15) is 0 Å². The molecule has 0 amide bonds. The molecule has 0 aromatic carbocycles. The van der Waals surface area contributed by atoms with Crippen LogP contribution in [0.3, 0.4) is 0 Å². The minimum Gasteiger partial charge on any atom is -0.372 e. The summed E-state index contributed by atoms with van der Waals surface area (Å²) in [6.45, 7) is 6.42. The molecule has 0 saturated carbocycles. The fraction of sp³-hybridized carbons (Fsp3) is 1.00. The summed E-state index contributed by atoms with van der Waals surface area (Å²) in [6.07, 6.45) is 6.22. The Balaban J connectivity index is 1.97. The van der Waals surface area contributed by atoms with Crippen LogP contribution in [0.2, 0.25) is 0 Å². The van der Waals surface area contributed by atoms with E-state index in [4.69, 9.17) is 4.74 Å². The van der Waals surface area contributed by atoms with Crippen molar-refractivity contribution in [3.05, 3.63) is 0 Å². The summed E-state index contributed by atoms with van der Waals surface area (Å²) in [6, 6.07) is 0.591. The highest BCUT2D eigenvalue weighted by atomic mass is 16.5. The number of ether oxygens (including phenoxy) is 1. The lowest BCUT2D eigenvalue weighted by molar-refractivity contribution is -0.115.